The Bertz CT molecular complexity index is 1410. The number of carboxylic acids is 2. The molecule has 0 unspecified atom stereocenters. The number of carbonyl (C=O) groups excluding carboxylic acids is 3. The van der Waals surface area contributed by atoms with E-state index in [0.717, 1.165) is 23.6 Å². The minimum absolute atomic E-state index is 0. The summed E-state index contributed by atoms with van der Waals surface area (Å²) in [4.78, 5) is 34.8. The van der Waals surface area contributed by atoms with Gasteiger partial charge in [0.2, 0.25) is 11.7 Å². The van der Waals surface area contributed by atoms with Gasteiger partial charge >= 0.3 is 59.1 Å². The molecule has 2 aromatic carbocycles. The summed E-state index contributed by atoms with van der Waals surface area (Å²) < 4.78 is 12.6. The van der Waals surface area contributed by atoms with Crippen LogP contribution < -0.4 is 74.6 Å². The molecule has 2 heterocycles. The van der Waals surface area contributed by atoms with E-state index in [0.29, 0.717) is 5.69 Å². The van der Waals surface area contributed by atoms with Crippen LogP contribution in [0.1, 0.15) is 26.2 Å². The predicted molar refractivity (Wildman–Crippen MR) is 144 cm³/mol. The van der Waals surface area contributed by atoms with Gasteiger partial charge in [-0.1, -0.05) is 59.8 Å². The average Bonchev–Trinajstić information content (AvgIpc) is 3.45. The largest absolute Gasteiger partial charge is 1.00 e. The maximum Gasteiger partial charge on any atom is 1.00 e. The number of aliphatic hydroxyl groups excluding tert-OH is 3. The quantitative estimate of drug-likeness (QED) is 0.101. The van der Waals surface area contributed by atoms with Crippen molar-refractivity contribution in [2.45, 2.75) is 69.0 Å². The minimum atomic E-state index is -2.57. The van der Waals surface area contributed by atoms with E-state index in [1.807, 2.05) is 54.6 Å². The summed E-state index contributed by atoms with van der Waals surface area (Å²) in [6, 6.07) is 16.3. The van der Waals surface area contributed by atoms with Crippen molar-refractivity contribution in [3.8, 4) is 22.4 Å². The molecule has 0 saturated carbocycles. The van der Waals surface area contributed by atoms with Gasteiger partial charge in [0.25, 0.3) is 0 Å². The van der Waals surface area contributed by atoms with Crippen LogP contribution in [0.15, 0.2) is 60.8 Å². The standard InChI is InChI=1S/C29H34N4O10.2Na/c1-17(34)30-25-23(36)15-29(28(40)41,43-27(25)26(39)22(35)14-24(37)38)42-13-5-12-33-16-21(31-32-33)20-10-8-19(9-11-20)18-6-3-2-4-7-18;;/h2-4,6-11,16,22-23,25-27,35-36,39H,5,12-15H2,1H3,(H,30,34)(H,37,38)(H,40,41);;/q;2*+1/p-2/t22-,23+,25-,26-,27-,29-;;/m1../s1. The third-order valence-electron chi connectivity index (χ3n) is 7.05. The summed E-state index contributed by atoms with van der Waals surface area (Å²) in [6.45, 7) is 1.16. The summed E-state index contributed by atoms with van der Waals surface area (Å²) in [7, 11) is 0. The molecule has 4 N–H and O–H groups in total. The fraction of sp³-hybridized carbons (Fsp3) is 0.414. The molecule has 14 nitrogen and oxygen atoms in total. The van der Waals surface area contributed by atoms with Crippen LogP contribution in [0.5, 0.6) is 0 Å². The second-order valence-electron chi connectivity index (χ2n) is 10.3. The molecule has 1 aliphatic rings. The number of hydrogen-bond donors (Lipinski definition) is 4. The fourth-order valence-corrected chi connectivity index (χ4v) is 4.92. The Hall–Kier alpha value is -2.21. The maximum atomic E-state index is 12.2. The van der Waals surface area contributed by atoms with Gasteiger partial charge in [0.15, 0.2) is 0 Å². The summed E-state index contributed by atoms with van der Waals surface area (Å²) in [5.41, 5.74) is 3.61. The van der Waals surface area contributed by atoms with Crippen LogP contribution in [0.3, 0.4) is 0 Å². The zero-order chi connectivity index (χ0) is 31.1. The number of aliphatic hydroxyl groups is 3. The van der Waals surface area contributed by atoms with Crippen LogP contribution in [-0.2, 0) is 30.4 Å². The molecule has 230 valence electrons. The van der Waals surface area contributed by atoms with Crippen molar-refractivity contribution in [1.29, 1.82) is 0 Å². The van der Waals surface area contributed by atoms with Crippen LogP contribution >= 0.6 is 0 Å². The fourth-order valence-electron chi connectivity index (χ4n) is 4.92. The van der Waals surface area contributed by atoms with Crippen molar-refractivity contribution in [3.63, 3.8) is 0 Å². The zero-order valence-electron chi connectivity index (χ0n) is 25.2. The average molecular weight is 643 g/mol. The van der Waals surface area contributed by atoms with Crippen LogP contribution in [0.2, 0.25) is 0 Å². The van der Waals surface area contributed by atoms with E-state index in [1.54, 1.807) is 10.9 Å². The molecule has 45 heavy (non-hydrogen) atoms. The van der Waals surface area contributed by atoms with Gasteiger partial charge in [-0.15, -0.1) is 5.10 Å². The number of amides is 1. The van der Waals surface area contributed by atoms with Crippen LogP contribution in [0.25, 0.3) is 22.4 Å². The van der Waals surface area contributed by atoms with Gasteiger partial charge in [0.1, 0.15) is 23.9 Å². The molecule has 16 heteroatoms. The topological polar surface area (TPSA) is 219 Å². The molecule has 3 aromatic rings. The number of benzene rings is 2. The van der Waals surface area contributed by atoms with Crippen LogP contribution in [-0.4, -0.2) is 91.0 Å². The third-order valence-corrected chi connectivity index (χ3v) is 7.05. The molecule has 1 fully saturated rings. The number of rotatable bonds is 13. The number of aliphatic carboxylic acids is 2. The van der Waals surface area contributed by atoms with Gasteiger partial charge in [-0.3, -0.25) is 9.48 Å². The molecule has 0 aliphatic carbocycles. The molecule has 1 aromatic heterocycles. The van der Waals surface area contributed by atoms with E-state index >= 15 is 0 Å². The van der Waals surface area contributed by atoms with Crippen molar-refractivity contribution in [2.75, 3.05) is 6.61 Å². The Morgan fingerprint density at radius 1 is 1.07 bits per heavy atom. The first-order chi connectivity index (χ1) is 20.5. The van der Waals surface area contributed by atoms with Gasteiger partial charge < -0.3 is 49.9 Å². The normalized spacial score (nSPS) is 22.3. The monoisotopic (exact) mass is 642 g/mol. The number of carboxylic acid groups (broad SMARTS) is 2. The first-order valence-electron chi connectivity index (χ1n) is 13.6. The van der Waals surface area contributed by atoms with Gasteiger partial charge in [-0.2, -0.15) is 0 Å². The molecule has 0 radical (unpaired) electrons. The van der Waals surface area contributed by atoms with Gasteiger partial charge in [0.05, 0.1) is 31.1 Å². The van der Waals surface area contributed by atoms with Crippen LogP contribution in [0, 0.1) is 0 Å². The number of ether oxygens (including phenoxy) is 2. The first kappa shape index (κ1) is 39.0. The van der Waals surface area contributed by atoms with Gasteiger partial charge in [-0.25, -0.2) is 0 Å². The number of nitrogens with one attached hydrogen (secondary N) is 1. The molecule has 1 amide bonds. The van der Waals surface area contributed by atoms with Gasteiger partial charge in [-0.05, 0) is 17.5 Å². The summed E-state index contributed by atoms with van der Waals surface area (Å²) in [5, 5.41) is 65.1. The van der Waals surface area contributed by atoms with E-state index in [4.69, 9.17) is 9.47 Å². The van der Waals surface area contributed by atoms with Crippen molar-refractivity contribution in [1.82, 2.24) is 20.3 Å². The second-order valence-corrected chi connectivity index (χ2v) is 10.3. The van der Waals surface area contributed by atoms with Gasteiger partial charge in [0, 0.05) is 37.8 Å². The molecular formula is C29H32N4Na2O10. The van der Waals surface area contributed by atoms with Crippen molar-refractivity contribution >= 4 is 17.8 Å². The van der Waals surface area contributed by atoms with Crippen molar-refractivity contribution in [2.24, 2.45) is 0 Å². The summed E-state index contributed by atoms with van der Waals surface area (Å²) in [6.07, 6.45) is -7.17. The number of aryl methyl sites for hydroxylation is 1. The van der Waals surface area contributed by atoms with E-state index < -0.39 is 66.9 Å². The number of carbonyl (C=O) groups is 3. The molecule has 6 atom stereocenters. The Kier molecular flexibility index (Phi) is 15.3. The SMILES string of the molecule is CC(=O)N[C@H]1[C@H]([C@H](O)[C@H](O)CC(=O)[O-])O[C@@](OCCCn2cc(-c3ccc(-c4ccccc4)cc3)nn2)(C(=O)[O-])C[C@@H]1O.[Na+].[Na+]. The molecule has 0 spiro atoms. The number of aromatic nitrogens is 3. The third kappa shape index (κ3) is 10.1. The number of nitrogens with zero attached hydrogens (tertiary/aromatic N) is 3. The summed E-state index contributed by atoms with van der Waals surface area (Å²) in [5.74, 6) is -6.79. The Balaban J connectivity index is 0.00000353. The second kappa shape index (κ2) is 17.6. The Morgan fingerprint density at radius 2 is 1.69 bits per heavy atom. The Labute approximate surface area is 303 Å². The van der Waals surface area contributed by atoms with Crippen molar-refractivity contribution in [3.05, 3.63) is 60.8 Å². The minimum Gasteiger partial charge on any atom is -0.550 e. The van der Waals surface area contributed by atoms with E-state index in [-0.39, 0.29) is 78.7 Å². The smallest absolute Gasteiger partial charge is 0.550 e. The molecular weight excluding hydrogens is 610 g/mol. The van der Waals surface area contributed by atoms with E-state index in [1.165, 1.54) is 0 Å². The maximum absolute atomic E-state index is 12.2. The van der Waals surface area contributed by atoms with E-state index in [2.05, 4.69) is 15.6 Å². The van der Waals surface area contributed by atoms with E-state index in [9.17, 15) is 39.9 Å². The molecule has 1 saturated heterocycles. The molecule has 0 bridgehead atoms. The van der Waals surface area contributed by atoms with Crippen molar-refractivity contribution < 1.29 is 109 Å². The number of hydrogen-bond acceptors (Lipinski definition) is 12. The van der Waals surface area contributed by atoms with Crippen LogP contribution in [0.4, 0.5) is 0 Å². The molecule has 4 rings (SSSR count). The first-order valence-corrected chi connectivity index (χ1v) is 13.6. The zero-order valence-corrected chi connectivity index (χ0v) is 29.2. The Morgan fingerprint density at radius 3 is 2.29 bits per heavy atom. The predicted octanol–water partition coefficient (Wildman–Crippen LogP) is -8.01. The molecule has 1 aliphatic heterocycles. The summed E-state index contributed by atoms with van der Waals surface area (Å²) >= 11 is 0.